The van der Waals surface area contributed by atoms with Crippen LogP contribution in [-0.4, -0.2) is 28.5 Å². The summed E-state index contributed by atoms with van der Waals surface area (Å²) in [5.41, 5.74) is 8.14. The number of rotatable bonds is 5. The molecule has 0 aliphatic heterocycles. The molecule has 0 spiro atoms. The van der Waals surface area contributed by atoms with Crippen LogP contribution >= 0.6 is 0 Å². The Morgan fingerprint density at radius 2 is 2.00 bits per heavy atom. The van der Waals surface area contributed by atoms with Gasteiger partial charge in [-0.1, -0.05) is 25.1 Å². The number of hydrogen-bond donors (Lipinski definition) is 2. The lowest BCUT2D eigenvalue weighted by molar-refractivity contribution is -0.119. The molecule has 0 radical (unpaired) electrons. The number of ether oxygens (including phenoxy) is 1. The predicted octanol–water partition coefficient (Wildman–Crippen LogP) is 1.73. The first-order chi connectivity index (χ1) is 11.0. The number of nitrogens with zero attached hydrogens (tertiary/aromatic N) is 2. The van der Waals surface area contributed by atoms with E-state index in [2.05, 4.69) is 15.3 Å². The monoisotopic (exact) mass is 314 g/mol. The summed E-state index contributed by atoms with van der Waals surface area (Å²) in [6.45, 7) is 3.48. The molecule has 1 amide bonds. The number of aryl methyl sites for hydroxylation is 2. The average Bonchev–Trinajstić information content (AvgIpc) is 2.55. The quantitative estimate of drug-likeness (QED) is 0.814. The van der Waals surface area contributed by atoms with Gasteiger partial charge in [0.05, 0.1) is 0 Å². The molecular weight excluding hydrogens is 296 g/mol. The number of para-hydroxylation sites is 1. The van der Waals surface area contributed by atoms with Gasteiger partial charge >= 0.3 is 5.97 Å². The van der Waals surface area contributed by atoms with Crippen molar-refractivity contribution in [2.75, 3.05) is 17.7 Å². The van der Waals surface area contributed by atoms with Crippen LogP contribution in [0.25, 0.3) is 0 Å². The molecule has 0 unspecified atom stereocenters. The van der Waals surface area contributed by atoms with Gasteiger partial charge in [0.2, 0.25) is 0 Å². The molecule has 0 aliphatic carbocycles. The zero-order valence-electron chi connectivity index (χ0n) is 13.0. The van der Waals surface area contributed by atoms with E-state index in [1.165, 1.54) is 12.4 Å². The fourth-order valence-electron chi connectivity index (χ4n) is 2.08. The van der Waals surface area contributed by atoms with Gasteiger partial charge in [-0.05, 0) is 24.5 Å². The zero-order valence-corrected chi connectivity index (χ0v) is 13.0. The maximum absolute atomic E-state index is 12.0. The summed E-state index contributed by atoms with van der Waals surface area (Å²) in [6.07, 6.45) is 3.48. The number of nitrogens with one attached hydrogen (secondary N) is 1. The molecule has 3 N–H and O–H groups in total. The van der Waals surface area contributed by atoms with Crippen molar-refractivity contribution in [1.82, 2.24) is 9.97 Å². The Hall–Kier alpha value is -2.96. The van der Waals surface area contributed by atoms with E-state index < -0.39 is 18.5 Å². The van der Waals surface area contributed by atoms with Gasteiger partial charge in [-0.2, -0.15) is 0 Å². The second-order valence-corrected chi connectivity index (χ2v) is 4.88. The van der Waals surface area contributed by atoms with Crippen molar-refractivity contribution in [2.24, 2.45) is 0 Å². The molecule has 2 rings (SSSR count). The SMILES string of the molecule is CCc1cccc(C)c1NC(=O)COC(=O)c1nccnc1N. The van der Waals surface area contributed by atoms with Gasteiger partial charge in [0.1, 0.15) is 0 Å². The van der Waals surface area contributed by atoms with Crippen molar-refractivity contribution in [2.45, 2.75) is 20.3 Å². The fourth-order valence-corrected chi connectivity index (χ4v) is 2.08. The second-order valence-electron chi connectivity index (χ2n) is 4.88. The molecule has 0 fully saturated rings. The zero-order chi connectivity index (χ0) is 16.8. The molecule has 2 aromatic rings. The van der Waals surface area contributed by atoms with Gasteiger partial charge < -0.3 is 15.8 Å². The standard InChI is InChI=1S/C16H18N4O3/c1-3-11-6-4-5-10(2)13(11)20-12(21)9-23-16(22)14-15(17)19-8-7-18-14/h4-8H,3,9H2,1-2H3,(H2,17,19)(H,20,21). The van der Waals surface area contributed by atoms with Crippen molar-refractivity contribution >= 4 is 23.4 Å². The van der Waals surface area contributed by atoms with Gasteiger partial charge in [-0.15, -0.1) is 0 Å². The number of aromatic nitrogens is 2. The molecular formula is C16H18N4O3. The molecule has 23 heavy (non-hydrogen) atoms. The van der Waals surface area contributed by atoms with E-state index >= 15 is 0 Å². The summed E-state index contributed by atoms with van der Waals surface area (Å²) in [4.78, 5) is 31.4. The van der Waals surface area contributed by atoms with E-state index in [4.69, 9.17) is 10.5 Å². The van der Waals surface area contributed by atoms with Gasteiger partial charge in [0.25, 0.3) is 5.91 Å². The highest BCUT2D eigenvalue weighted by Gasteiger charge is 2.16. The topological polar surface area (TPSA) is 107 Å². The Balaban J connectivity index is 1.99. The number of carbonyl (C=O) groups is 2. The minimum atomic E-state index is -0.786. The number of nitrogens with two attached hydrogens (primary N) is 1. The van der Waals surface area contributed by atoms with E-state index in [0.717, 1.165) is 23.2 Å². The van der Waals surface area contributed by atoms with Crippen LogP contribution in [0.1, 0.15) is 28.5 Å². The Kier molecular flexibility index (Phi) is 5.24. The van der Waals surface area contributed by atoms with Gasteiger partial charge in [0.15, 0.2) is 18.1 Å². The van der Waals surface area contributed by atoms with Crippen molar-refractivity contribution < 1.29 is 14.3 Å². The largest absolute Gasteiger partial charge is 0.451 e. The molecule has 7 nitrogen and oxygen atoms in total. The fraction of sp³-hybridized carbons (Fsp3) is 0.250. The third-order valence-corrected chi connectivity index (χ3v) is 3.26. The van der Waals surface area contributed by atoms with Gasteiger partial charge in [0, 0.05) is 18.1 Å². The summed E-state index contributed by atoms with van der Waals surface area (Å²) in [5.74, 6) is -1.25. The molecule has 120 valence electrons. The molecule has 0 atom stereocenters. The molecule has 7 heteroatoms. The minimum Gasteiger partial charge on any atom is -0.451 e. The lowest BCUT2D eigenvalue weighted by Gasteiger charge is -2.13. The number of esters is 1. The highest BCUT2D eigenvalue weighted by molar-refractivity contribution is 5.97. The highest BCUT2D eigenvalue weighted by atomic mass is 16.5. The van der Waals surface area contributed by atoms with Crippen LogP contribution in [0.4, 0.5) is 11.5 Å². The van der Waals surface area contributed by atoms with E-state index in [1.54, 1.807) is 0 Å². The molecule has 0 bridgehead atoms. The lowest BCUT2D eigenvalue weighted by atomic mass is 10.1. The smallest absolute Gasteiger partial charge is 0.361 e. The Labute approximate surface area is 133 Å². The van der Waals surface area contributed by atoms with E-state index in [0.29, 0.717) is 0 Å². The van der Waals surface area contributed by atoms with E-state index in [1.807, 2.05) is 32.0 Å². The molecule has 1 aromatic heterocycles. The Bertz CT molecular complexity index is 731. The summed E-state index contributed by atoms with van der Waals surface area (Å²) >= 11 is 0. The van der Waals surface area contributed by atoms with Crippen molar-refractivity contribution in [3.8, 4) is 0 Å². The number of nitrogen functional groups attached to an aromatic ring is 1. The minimum absolute atomic E-state index is 0.0370. The number of anilines is 2. The number of carbonyl (C=O) groups excluding carboxylic acids is 2. The van der Waals surface area contributed by atoms with Crippen molar-refractivity contribution in [3.05, 3.63) is 47.4 Å². The molecule has 1 heterocycles. The van der Waals surface area contributed by atoms with Crippen LogP contribution in [0.15, 0.2) is 30.6 Å². The first-order valence-electron chi connectivity index (χ1n) is 7.14. The molecule has 0 aliphatic rings. The van der Waals surface area contributed by atoms with Gasteiger partial charge in [-0.25, -0.2) is 14.8 Å². The normalized spacial score (nSPS) is 10.2. The van der Waals surface area contributed by atoms with E-state index in [-0.39, 0.29) is 11.5 Å². The molecule has 0 saturated heterocycles. The van der Waals surface area contributed by atoms with Crippen molar-refractivity contribution in [1.29, 1.82) is 0 Å². The lowest BCUT2D eigenvalue weighted by Crippen LogP contribution is -2.23. The molecule has 0 saturated carbocycles. The van der Waals surface area contributed by atoms with Crippen LogP contribution in [0.2, 0.25) is 0 Å². The summed E-state index contributed by atoms with van der Waals surface area (Å²) in [7, 11) is 0. The third kappa shape index (κ3) is 4.03. The van der Waals surface area contributed by atoms with E-state index in [9.17, 15) is 9.59 Å². The van der Waals surface area contributed by atoms with Crippen LogP contribution in [0.3, 0.4) is 0 Å². The molecule has 1 aromatic carbocycles. The Morgan fingerprint density at radius 1 is 1.26 bits per heavy atom. The summed E-state index contributed by atoms with van der Waals surface area (Å²) < 4.78 is 4.92. The maximum atomic E-state index is 12.0. The third-order valence-electron chi connectivity index (χ3n) is 3.26. The number of benzene rings is 1. The number of hydrogen-bond acceptors (Lipinski definition) is 6. The Morgan fingerprint density at radius 3 is 2.70 bits per heavy atom. The van der Waals surface area contributed by atoms with Crippen LogP contribution in [0, 0.1) is 6.92 Å². The summed E-state index contributed by atoms with van der Waals surface area (Å²) in [6, 6.07) is 5.77. The average molecular weight is 314 g/mol. The van der Waals surface area contributed by atoms with Crippen molar-refractivity contribution in [3.63, 3.8) is 0 Å². The summed E-state index contributed by atoms with van der Waals surface area (Å²) in [5, 5.41) is 2.77. The maximum Gasteiger partial charge on any atom is 0.361 e. The first-order valence-corrected chi connectivity index (χ1v) is 7.14. The van der Waals surface area contributed by atoms with Gasteiger partial charge in [-0.3, -0.25) is 4.79 Å². The first kappa shape index (κ1) is 16.4. The number of amides is 1. The van der Waals surface area contributed by atoms with Crippen LogP contribution in [0.5, 0.6) is 0 Å². The van der Waals surface area contributed by atoms with Crippen LogP contribution < -0.4 is 11.1 Å². The van der Waals surface area contributed by atoms with Crippen LogP contribution in [-0.2, 0) is 16.0 Å². The highest BCUT2D eigenvalue weighted by Crippen LogP contribution is 2.20. The second kappa shape index (κ2) is 7.35. The predicted molar refractivity (Wildman–Crippen MR) is 85.9 cm³/mol.